The molecule has 7 heteroatoms. The zero-order valence-corrected chi connectivity index (χ0v) is 27.6. The lowest BCUT2D eigenvalue weighted by Crippen LogP contribution is -2.43. The lowest BCUT2D eigenvalue weighted by atomic mass is 9.87. The second kappa shape index (κ2) is 14.7. The van der Waals surface area contributed by atoms with Gasteiger partial charge in [-0.3, -0.25) is 4.79 Å². The van der Waals surface area contributed by atoms with E-state index in [1.54, 1.807) is 24.3 Å². The van der Waals surface area contributed by atoms with Gasteiger partial charge in [0.05, 0.1) is 17.7 Å². The highest BCUT2D eigenvalue weighted by atomic mass is 35.5. The second-order valence-electron chi connectivity index (χ2n) is 12.4. The zero-order chi connectivity index (χ0) is 33.6. The van der Waals surface area contributed by atoms with E-state index >= 15 is 0 Å². The van der Waals surface area contributed by atoms with Crippen LogP contribution in [0.1, 0.15) is 47.8 Å². The van der Waals surface area contributed by atoms with Crippen molar-refractivity contribution in [2.75, 3.05) is 7.11 Å². The summed E-state index contributed by atoms with van der Waals surface area (Å²) in [5.74, 6) is -1.37. The first-order chi connectivity index (χ1) is 22.5. The summed E-state index contributed by atoms with van der Waals surface area (Å²) in [6, 6.07) is 34.4. The van der Waals surface area contributed by atoms with Gasteiger partial charge in [-0.25, -0.2) is 9.18 Å². The molecule has 0 heterocycles. The quantitative estimate of drug-likeness (QED) is 0.153. The molecule has 0 saturated carbocycles. The third-order valence-corrected chi connectivity index (χ3v) is 8.27. The minimum absolute atomic E-state index is 0.000785. The van der Waals surface area contributed by atoms with Crippen LogP contribution in [0.15, 0.2) is 115 Å². The standard InChI is InChI=1S/C40H37ClFNO4/c1-40(2,3)31-20-15-27(16-21-31)25-47-37-32(30-19-22-35(42)34(41)24-30)11-8-12-33(37)38(44)43-36(39(45)46-4)23-26-13-17-29(18-14-26)28-9-6-5-7-10-28/h5-22,24,36H,23,25H2,1-4H3,(H,43,44)/t36-/m0/s1. The van der Waals surface area contributed by atoms with Crippen LogP contribution in [0.3, 0.4) is 0 Å². The molecule has 0 radical (unpaired) electrons. The van der Waals surface area contributed by atoms with Gasteiger partial charge in [0.2, 0.25) is 0 Å². The Bertz CT molecular complexity index is 1850. The van der Waals surface area contributed by atoms with Gasteiger partial charge in [-0.2, -0.15) is 0 Å². The number of benzene rings is 5. The monoisotopic (exact) mass is 649 g/mol. The van der Waals surface area contributed by atoms with Crippen LogP contribution in [0.25, 0.3) is 22.3 Å². The van der Waals surface area contributed by atoms with E-state index in [1.807, 2.05) is 66.7 Å². The highest BCUT2D eigenvalue weighted by Crippen LogP contribution is 2.36. The Labute approximate surface area is 280 Å². The maximum atomic E-state index is 14.1. The Morgan fingerprint density at radius 1 is 0.787 bits per heavy atom. The SMILES string of the molecule is COC(=O)[C@H](Cc1ccc(-c2ccccc2)cc1)NC(=O)c1cccc(-c2ccc(F)c(Cl)c2)c1OCc1ccc(C(C)(C)C)cc1. The van der Waals surface area contributed by atoms with Gasteiger partial charge in [0.1, 0.15) is 24.2 Å². The number of methoxy groups -OCH3 is 1. The van der Waals surface area contributed by atoms with E-state index in [9.17, 15) is 14.0 Å². The number of amides is 1. The lowest BCUT2D eigenvalue weighted by Gasteiger charge is -2.21. The number of carbonyl (C=O) groups excluding carboxylic acids is 2. The number of ether oxygens (including phenoxy) is 2. The molecule has 5 rings (SSSR count). The van der Waals surface area contributed by atoms with Crippen LogP contribution in [0.5, 0.6) is 5.75 Å². The van der Waals surface area contributed by atoms with Crippen molar-refractivity contribution in [2.24, 2.45) is 0 Å². The van der Waals surface area contributed by atoms with Gasteiger partial charge in [0.25, 0.3) is 5.91 Å². The number of carbonyl (C=O) groups is 2. The van der Waals surface area contributed by atoms with Crippen LogP contribution in [0.4, 0.5) is 4.39 Å². The van der Waals surface area contributed by atoms with E-state index in [4.69, 9.17) is 21.1 Å². The van der Waals surface area contributed by atoms with Gasteiger partial charge in [-0.15, -0.1) is 0 Å². The van der Waals surface area contributed by atoms with Crippen LogP contribution >= 0.6 is 11.6 Å². The lowest BCUT2D eigenvalue weighted by molar-refractivity contribution is -0.142. The molecule has 1 atom stereocenters. The number of para-hydroxylation sites is 1. The van der Waals surface area contributed by atoms with Crippen molar-refractivity contribution in [2.45, 2.75) is 45.3 Å². The number of esters is 1. The first-order valence-corrected chi connectivity index (χ1v) is 15.7. The largest absolute Gasteiger partial charge is 0.487 e. The molecule has 240 valence electrons. The van der Waals surface area contributed by atoms with E-state index < -0.39 is 23.7 Å². The molecule has 0 unspecified atom stereocenters. The maximum Gasteiger partial charge on any atom is 0.328 e. The topological polar surface area (TPSA) is 64.6 Å². The Morgan fingerprint density at radius 2 is 1.43 bits per heavy atom. The molecule has 0 aliphatic rings. The van der Waals surface area contributed by atoms with Gasteiger partial charge >= 0.3 is 5.97 Å². The predicted octanol–water partition coefficient (Wildman–Crippen LogP) is 9.20. The Morgan fingerprint density at radius 3 is 2.06 bits per heavy atom. The summed E-state index contributed by atoms with van der Waals surface area (Å²) in [5.41, 5.74) is 6.41. The summed E-state index contributed by atoms with van der Waals surface area (Å²) in [6.07, 6.45) is 0.219. The number of hydrogen-bond donors (Lipinski definition) is 1. The van der Waals surface area contributed by atoms with Crippen molar-refractivity contribution < 1.29 is 23.5 Å². The molecule has 0 saturated heterocycles. The van der Waals surface area contributed by atoms with Crippen LogP contribution in [0.2, 0.25) is 5.02 Å². The van der Waals surface area contributed by atoms with Gasteiger partial charge in [0.15, 0.2) is 0 Å². The Balaban J connectivity index is 1.43. The van der Waals surface area contributed by atoms with E-state index in [0.29, 0.717) is 11.1 Å². The van der Waals surface area contributed by atoms with Gasteiger partial charge < -0.3 is 14.8 Å². The van der Waals surface area contributed by atoms with Gasteiger partial charge in [-0.05, 0) is 57.0 Å². The molecular weight excluding hydrogens is 613 g/mol. The summed E-state index contributed by atoms with van der Waals surface area (Å²) in [7, 11) is 1.29. The van der Waals surface area contributed by atoms with Crippen molar-refractivity contribution in [1.29, 1.82) is 0 Å². The summed E-state index contributed by atoms with van der Waals surface area (Å²) in [4.78, 5) is 26.8. The zero-order valence-electron chi connectivity index (χ0n) is 26.9. The summed E-state index contributed by atoms with van der Waals surface area (Å²) in [6.45, 7) is 6.61. The number of hydrogen-bond acceptors (Lipinski definition) is 4. The molecule has 0 aliphatic heterocycles. The van der Waals surface area contributed by atoms with E-state index in [1.165, 1.54) is 24.8 Å². The van der Waals surface area contributed by atoms with Gasteiger partial charge in [0, 0.05) is 12.0 Å². The fourth-order valence-corrected chi connectivity index (χ4v) is 5.47. The van der Waals surface area contributed by atoms with Crippen LogP contribution in [-0.4, -0.2) is 25.0 Å². The number of halogens is 2. The first-order valence-electron chi connectivity index (χ1n) is 15.4. The first kappa shape index (κ1) is 33.4. The normalized spacial score (nSPS) is 11.9. The molecule has 5 aromatic carbocycles. The number of nitrogens with one attached hydrogen (secondary N) is 1. The smallest absolute Gasteiger partial charge is 0.328 e. The molecule has 5 aromatic rings. The molecule has 1 N–H and O–H groups in total. The summed E-state index contributed by atoms with van der Waals surface area (Å²) in [5, 5.41) is 2.81. The van der Waals surface area contributed by atoms with Crippen molar-refractivity contribution >= 4 is 23.5 Å². The average molecular weight is 650 g/mol. The Kier molecular flexibility index (Phi) is 10.4. The van der Waals surface area contributed by atoms with Crippen LogP contribution in [-0.2, 0) is 28.0 Å². The van der Waals surface area contributed by atoms with Crippen molar-refractivity contribution in [3.63, 3.8) is 0 Å². The molecular formula is C40H37ClFNO4. The highest BCUT2D eigenvalue weighted by molar-refractivity contribution is 6.31. The van der Waals surface area contributed by atoms with Gasteiger partial charge in [-0.1, -0.05) is 129 Å². The molecule has 0 aromatic heterocycles. The highest BCUT2D eigenvalue weighted by Gasteiger charge is 2.26. The van der Waals surface area contributed by atoms with E-state index in [0.717, 1.165) is 22.3 Å². The van der Waals surface area contributed by atoms with Crippen molar-refractivity contribution in [3.05, 3.63) is 148 Å². The summed E-state index contributed by atoms with van der Waals surface area (Å²) < 4.78 is 25.5. The molecule has 47 heavy (non-hydrogen) atoms. The van der Waals surface area contributed by atoms with Crippen molar-refractivity contribution in [1.82, 2.24) is 5.32 Å². The molecule has 0 spiro atoms. The number of rotatable bonds is 10. The molecule has 0 fully saturated rings. The fourth-order valence-electron chi connectivity index (χ4n) is 5.29. The molecule has 0 aliphatic carbocycles. The van der Waals surface area contributed by atoms with E-state index in [-0.39, 0.29) is 34.8 Å². The third kappa shape index (κ3) is 8.27. The minimum atomic E-state index is -0.961. The Hall–Kier alpha value is -4.94. The van der Waals surface area contributed by atoms with Crippen LogP contribution < -0.4 is 10.1 Å². The fraction of sp³-hybridized carbons (Fsp3) is 0.200. The van der Waals surface area contributed by atoms with Crippen LogP contribution in [0, 0.1) is 5.82 Å². The predicted molar refractivity (Wildman–Crippen MR) is 185 cm³/mol. The molecule has 0 bridgehead atoms. The summed E-state index contributed by atoms with van der Waals surface area (Å²) >= 11 is 6.14. The van der Waals surface area contributed by atoms with E-state index in [2.05, 4.69) is 38.2 Å². The minimum Gasteiger partial charge on any atom is -0.487 e. The molecule has 1 amide bonds. The average Bonchev–Trinajstić information content (AvgIpc) is 3.08. The van der Waals surface area contributed by atoms with Crippen molar-refractivity contribution in [3.8, 4) is 28.0 Å². The third-order valence-electron chi connectivity index (χ3n) is 7.99. The second-order valence-corrected chi connectivity index (χ2v) is 12.8. The molecule has 5 nitrogen and oxygen atoms in total. The maximum absolute atomic E-state index is 14.1.